The van der Waals surface area contributed by atoms with Crippen LogP contribution in [0.5, 0.6) is 0 Å². The quantitative estimate of drug-likeness (QED) is 0.398. The summed E-state index contributed by atoms with van der Waals surface area (Å²) in [6, 6.07) is 0. The fraction of sp³-hybridized carbons (Fsp3) is 0.714. The topological polar surface area (TPSA) is 60.7 Å². The molecular formula is C7H14O3Si. The number of hydrogen-bond acceptors (Lipinski definition) is 3. The molecule has 0 aliphatic heterocycles. The zero-order valence-corrected chi connectivity index (χ0v) is 7.62. The molecule has 0 aromatic rings. The molecule has 0 radical (unpaired) electrons. The first-order valence-corrected chi connectivity index (χ1v) is 5.75. The molecule has 0 fully saturated rings. The van der Waals surface area contributed by atoms with Crippen LogP contribution in [-0.2, 0) is 0 Å². The van der Waals surface area contributed by atoms with E-state index in [9.17, 15) is 0 Å². The predicted octanol–water partition coefficient (Wildman–Crippen LogP) is 0.403. The van der Waals surface area contributed by atoms with Crippen LogP contribution < -0.4 is 0 Å². The van der Waals surface area contributed by atoms with Gasteiger partial charge in [-0.3, -0.25) is 0 Å². The van der Waals surface area contributed by atoms with Gasteiger partial charge in [0.25, 0.3) is 0 Å². The maximum atomic E-state index is 8.98. The van der Waals surface area contributed by atoms with E-state index < -0.39 is 8.80 Å². The molecule has 1 atom stereocenters. The molecule has 11 heavy (non-hydrogen) atoms. The number of allylic oxidation sites excluding steroid dienone is 2. The molecule has 0 bridgehead atoms. The zero-order chi connectivity index (χ0) is 8.48. The van der Waals surface area contributed by atoms with Crippen molar-refractivity contribution in [1.82, 2.24) is 0 Å². The van der Waals surface area contributed by atoms with Gasteiger partial charge in [0.05, 0.1) is 0 Å². The average molecular weight is 174 g/mol. The number of hydrogen-bond donors (Lipinski definition) is 3. The molecule has 0 saturated heterocycles. The Morgan fingerprint density at radius 2 is 2.09 bits per heavy atom. The smallest absolute Gasteiger partial charge is 0.390 e. The highest BCUT2D eigenvalue weighted by atomic mass is 28.4. The largest absolute Gasteiger partial charge is 0.496 e. The Balaban J connectivity index is 2.58. The molecule has 1 aliphatic carbocycles. The first-order chi connectivity index (χ1) is 5.00. The monoisotopic (exact) mass is 174 g/mol. The molecule has 1 aliphatic rings. The predicted molar refractivity (Wildman–Crippen MR) is 43.8 cm³/mol. The summed E-state index contributed by atoms with van der Waals surface area (Å²) >= 11 is 0. The van der Waals surface area contributed by atoms with Gasteiger partial charge >= 0.3 is 8.80 Å². The van der Waals surface area contributed by atoms with Crippen LogP contribution in [0.4, 0.5) is 0 Å². The molecule has 0 spiro atoms. The molecule has 1 unspecified atom stereocenters. The standard InChI is InChI=1S/C7H14O3Si/c1-6-3-2-4-7(5-6)11(8,9)10/h3,7-10H,2,4-5H2,1H3. The molecule has 4 heteroatoms. The van der Waals surface area contributed by atoms with Crippen LogP contribution in [0.15, 0.2) is 11.6 Å². The third kappa shape index (κ3) is 2.41. The summed E-state index contributed by atoms with van der Waals surface area (Å²) in [5.41, 5.74) is 0.864. The van der Waals surface area contributed by atoms with Crippen LogP contribution in [0.25, 0.3) is 0 Å². The van der Waals surface area contributed by atoms with E-state index in [0.717, 1.165) is 12.0 Å². The third-order valence-electron chi connectivity index (χ3n) is 2.12. The van der Waals surface area contributed by atoms with Crippen molar-refractivity contribution in [2.45, 2.75) is 31.7 Å². The van der Waals surface area contributed by atoms with Crippen molar-refractivity contribution < 1.29 is 14.4 Å². The maximum absolute atomic E-state index is 8.98. The van der Waals surface area contributed by atoms with Crippen LogP contribution in [0.1, 0.15) is 26.2 Å². The lowest BCUT2D eigenvalue weighted by Gasteiger charge is -2.25. The molecule has 0 aromatic carbocycles. The average Bonchev–Trinajstić information content (AvgIpc) is 1.86. The van der Waals surface area contributed by atoms with Crippen LogP contribution in [0, 0.1) is 0 Å². The van der Waals surface area contributed by atoms with Crippen molar-refractivity contribution >= 4 is 8.80 Å². The van der Waals surface area contributed by atoms with E-state index in [0.29, 0.717) is 12.8 Å². The summed E-state index contributed by atoms with van der Waals surface area (Å²) in [6.45, 7) is 1.95. The van der Waals surface area contributed by atoms with E-state index in [1.54, 1.807) is 0 Å². The summed E-state index contributed by atoms with van der Waals surface area (Å²) in [4.78, 5) is 26.9. The van der Waals surface area contributed by atoms with Gasteiger partial charge in [-0.1, -0.05) is 11.6 Å². The highest BCUT2D eigenvalue weighted by Crippen LogP contribution is 2.32. The Morgan fingerprint density at radius 3 is 2.45 bits per heavy atom. The van der Waals surface area contributed by atoms with Gasteiger partial charge in [0.1, 0.15) is 0 Å². The number of rotatable bonds is 1. The second kappa shape index (κ2) is 3.06. The molecule has 0 heterocycles. The maximum Gasteiger partial charge on any atom is 0.496 e. The van der Waals surface area contributed by atoms with Gasteiger partial charge in [-0.25, -0.2) is 0 Å². The fourth-order valence-electron chi connectivity index (χ4n) is 1.44. The fourth-order valence-corrected chi connectivity index (χ4v) is 2.59. The van der Waals surface area contributed by atoms with Gasteiger partial charge in [-0.2, -0.15) is 0 Å². The lowest BCUT2D eigenvalue weighted by molar-refractivity contribution is 0.205. The van der Waals surface area contributed by atoms with Gasteiger partial charge in [0.15, 0.2) is 0 Å². The second-order valence-corrected chi connectivity index (χ2v) is 5.41. The third-order valence-corrected chi connectivity index (χ3v) is 3.71. The van der Waals surface area contributed by atoms with Crippen molar-refractivity contribution in [3.63, 3.8) is 0 Å². The highest BCUT2D eigenvalue weighted by Gasteiger charge is 2.39. The minimum absolute atomic E-state index is 0.285. The second-order valence-electron chi connectivity index (χ2n) is 3.22. The van der Waals surface area contributed by atoms with Gasteiger partial charge < -0.3 is 14.4 Å². The Morgan fingerprint density at radius 1 is 1.45 bits per heavy atom. The molecule has 3 N–H and O–H groups in total. The molecule has 0 aromatic heterocycles. The Labute approximate surface area is 67.4 Å². The van der Waals surface area contributed by atoms with E-state index in [-0.39, 0.29) is 5.54 Å². The van der Waals surface area contributed by atoms with E-state index >= 15 is 0 Å². The van der Waals surface area contributed by atoms with Gasteiger partial charge in [-0.15, -0.1) is 0 Å². The van der Waals surface area contributed by atoms with Crippen LogP contribution in [0.3, 0.4) is 0 Å². The summed E-state index contributed by atoms with van der Waals surface area (Å²) in [5, 5.41) is 0. The van der Waals surface area contributed by atoms with Gasteiger partial charge in [-0.05, 0) is 26.2 Å². The van der Waals surface area contributed by atoms with Gasteiger partial charge in [0, 0.05) is 5.54 Å². The molecule has 0 saturated carbocycles. The summed E-state index contributed by atoms with van der Waals surface area (Å²) in [5.74, 6) is 0. The lowest BCUT2D eigenvalue weighted by atomic mass is 10.0. The molecular weight excluding hydrogens is 160 g/mol. The molecule has 64 valence electrons. The van der Waals surface area contributed by atoms with Crippen LogP contribution in [-0.4, -0.2) is 23.2 Å². The Kier molecular flexibility index (Phi) is 2.49. The summed E-state index contributed by atoms with van der Waals surface area (Å²) < 4.78 is 0. The minimum Gasteiger partial charge on any atom is -0.390 e. The SMILES string of the molecule is CC1=CCCC([Si](O)(O)O)C1. The van der Waals surface area contributed by atoms with Crippen LogP contribution >= 0.6 is 0 Å². The summed E-state index contributed by atoms with van der Waals surface area (Å²) in [7, 11) is -3.84. The zero-order valence-electron chi connectivity index (χ0n) is 6.62. The lowest BCUT2D eigenvalue weighted by Crippen LogP contribution is -2.41. The van der Waals surface area contributed by atoms with Crippen molar-refractivity contribution in [3.8, 4) is 0 Å². The van der Waals surface area contributed by atoms with Gasteiger partial charge in [0.2, 0.25) is 0 Å². The van der Waals surface area contributed by atoms with Crippen LogP contribution in [0.2, 0.25) is 5.54 Å². The van der Waals surface area contributed by atoms with Crippen molar-refractivity contribution in [1.29, 1.82) is 0 Å². The van der Waals surface area contributed by atoms with Crippen molar-refractivity contribution in [2.24, 2.45) is 0 Å². The Hall–Kier alpha value is -0.163. The van der Waals surface area contributed by atoms with E-state index in [4.69, 9.17) is 14.4 Å². The molecule has 3 nitrogen and oxygen atoms in total. The first-order valence-electron chi connectivity index (χ1n) is 3.83. The van der Waals surface area contributed by atoms with Crippen molar-refractivity contribution in [2.75, 3.05) is 0 Å². The van der Waals surface area contributed by atoms with E-state index in [1.807, 2.05) is 6.92 Å². The van der Waals surface area contributed by atoms with E-state index in [1.165, 1.54) is 0 Å². The minimum atomic E-state index is -3.84. The van der Waals surface area contributed by atoms with Crippen molar-refractivity contribution in [3.05, 3.63) is 11.6 Å². The molecule has 0 amide bonds. The van der Waals surface area contributed by atoms with E-state index in [2.05, 4.69) is 6.08 Å². The highest BCUT2D eigenvalue weighted by molar-refractivity contribution is 6.58. The Bertz CT molecular complexity index is 171. The summed E-state index contributed by atoms with van der Waals surface area (Å²) in [6.07, 6.45) is 4.27. The first kappa shape index (κ1) is 8.93. The normalized spacial score (nSPS) is 26.5. The molecule has 1 rings (SSSR count).